The second-order valence-corrected chi connectivity index (χ2v) is 6.20. The van der Waals surface area contributed by atoms with Crippen LogP contribution in [0.15, 0.2) is 36.5 Å². The Balaban J connectivity index is 1.66. The van der Waals surface area contributed by atoms with Crippen molar-refractivity contribution >= 4 is 11.8 Å². The average Bonchev–Trinajstić information content (AvgIpc) is 3.01. The van der Waals surface area contributed by atoms with E-state index in [-0.39, 0.29) is 0 Å². The smallest absolute Gasteiger partial charge is 0.0856 e. The Labute approximate surface area is 116 Å². The molecule has 1 unspecified atom stereocenters. The fourth-order valence-corrected chi connectivity index (χ4v) is 3.64. The quantitative estimate of drug-likeness (QED) is 0.923. The van der Waals surface area contributed by atoms with E-state index in [1.54, 1.807) is 11.8 Å². The number of hydrogen-bond donors (Lipinski definition) is 1. The lowest BCUT2D eigenvalue weighted by atomic mass is 9.98. The first-order valence-corrected chi connectivity index (χ1v) is 7.62. The van der Waals surface area contributed by atoms with E-state index in [1.165, 1.54) is 5.56 Å². The van der Waals surface area contributed by atoms with Gasteiger partial charge in [0.1, 0.15) is 0 Å². The number of aliphatic hydroxyl groups is 1. The zero-order chi connectivity index (χ0) is 13.1. The van der Waals surface area contributed by atoms with Gasteiger partial charge in [-0.05, 0) is 17.7 Å². The van der Waals surface area contributed by atoms with Gasteiger partial charge in [0.25, 0.3) is 0 Å². The predicted molar refractivity (Wildman–Crippen MR) is 76.2 cm³/mol. The van der Waals surface area contributed by atoms with Crippen LogP contribution in [0.1, 0.15) is 17.7 Å². The molecule has 1 aliphatic heterocycles. The van der Waals surface area contributed by atoms with Crippen molar-refractivity contribution in [2.24, 2.45) is 0 Å². The maximum Gasteiger partial charge on any atom is 0.0856 e. The van der Waals surface area contributed by atoms with E-state index < -0.39 is 5.60 Å². The van der Waals surface area contributed by atoms with Crippen molar-refractivity contribution in [2.45, 2.75) is 25.0 Å². The Hall–Kier alpha value is -1.33. The first kappa shape index (κ1) is 12.7. The first-order valence-electron chi connectivity index (χ1n) is 6.47. The zero-order valence-electron chi connectivity index (χ0n) is 10.7. The van der Waals surface area contributed by atoms with Crippen LogP contribution in [0.4, 0.5) is 0 Å². The van der Waals surface area contributed by atoms with E-state index >= 15 is 0 Å². The summed E-state index contributed by atoms with van der Waals surface area (Å²) in [4.78, 5) is 0. The third-order valence-electron chi connectivity index (χ3n) is 3.37. The number of nitrogens with zero attached hydrogens (tertiary/aromatic N) is 3. The number of thioether (sulfide) groups is 1. The summed E-state index contributed by atoms with van der Waals surface area (Å²) in [5, 5.41) is 18.6. The molecule has 3 rings (SSSR count). The topological polar surface area (TPSA) is 50.9 Å². The van der Waals surface area contributed by atoms with Crippen molar-refractivity contribution in [2.75, 3.05) is 11.5 Å². The summed E-state index contributed by atoms with van der Waals surface area (Å²) in [6.07, 6.45) is 3.39. The lowest BCUT2D eigenvalue weighted by Gasteiger charge is -2.18. The van der Waals surface area contributed by atoms with E-state index in [2.05, 4.69) is 22.4 Å². The summed E-state index contributed by atoms with van der Waals surface area (Å²) in [6, 6.07) is 10.2. The summed E-state index contributed by atoms with van der Waals surface area (Å²) in [5.74, 6) is 1.84. The van der Waals surface area contributed by atoms with E-state index in [4.69, 9.17) is 0 Å². The van der Waals surface area contributed by atoms with Gasteiger partial charge >= 0.3 is 0 Å². The first-order chi connectivity index (χ1) is 9.23. The average molecular weight is 275 g/mol. The number of rotatable bonds is 4. The summed E-state index contributed by atoms with van der Waals surface area (Å²) < 4.78 is 1.83. The molecular formula is C14H17N3OS. The fourth-order valence-electron chi connectivity index (χ4n) is 2.34. The van der Waals surface area contributed by atoms with Gasteiger partial charge in [-0.2, -0.15) is 11.8 Å². The molecule has 19 heavy (non-hydrogen) atoms. The zero-order valence-corrected chi connectivity index (χ0v) is 11.5. The third-order valence-corrected chi connectivity index (χ3v) is 4.60. The van der Waals surface area contributed by atoms with E-state index in [9.17, 15) is 5.11 Å². The molecule has 0 aliphatic carbocycles. The fraction of sp³-hybridized carbons (Fsp3) is 0.429. The van der Waals surface area contributed by atoms with Crippen molar-refractivity contribution in [3.8, 4) is 0 Å². The molecule has 0 radical (unpaired) electrons. The van der Waals surface area contributed by atoms with Crippen molar-refractivity contribution in [3.63, 3.8) is 0 Å². The second kappa shape index (κ2) is 5.35. The van der Waals surface area contributed by atoms with Crippen LogP contribution in [-0.4, -0.2) is 37.2 Å². The van der Waals surface area contributed by atoms with Crippen LogP contribution < -0.4 is 0 Å². The summed E-state index contributed by atoms with van der Waals surface area (Å²) >= 11 is 1.80. The maximum absolute atomic E-state index is 10.3. The predicted octanol–water partition coefficient (Wildman–Crippen LogP) is 1.74. The van der Waals surface area contributed by atoms with Gasteiger partial charge in [0.2, 0.25) is 0 Å². The van der Waals surface area contributed by atoms with Gasteiger partial charge in [0, 0.05) is 18.4 Å². The molecule has 0 bridgehead atoms. The van der Waals surface area contributed by atoms with E-state index in [1.807, 2.05) is 29.1 Å². The van der Waals surface area contributed by atoms with Crippen LogP contribution in [0, 0.1) is 0 Å². The van der Waals surface area contributed by atoms with Gasteiger partial charge < -0.3 is 5.11 Å². The summed E-state index contributed by atoms with van der Waals surface area (Å²) in [7, 11) is 0. The minimum absolute atomic E-state index is 0.585. The van der Waals surface area contributed by atoms with Gasteiger partial charge in [0.15, 0.2) is 0 Å². The normalized spacial score (nSPS) is 22.8. The van der Waals surface area contributed by atoms with Crippen molar-refractivity contribution < 1.29 is 5.11 Å². The Morgan fingerprint density at radius 1 is 1.32 bits per heavy atom. The van der Waals surface area contributed by atoms with Crippen LogP contribution >= 0.6 is 11.8 Å². The molecule has 1 aromatic heterocycles. The summed E-state index contributed by atoms with van der Waals surface area (Å²) in [5.41, 5.74) is 1.49. The Kier molecular flexibility index (Phi) is 3.57. The third kappa shape index (κ3) is 3.16. The lowest BCUT2D eigenvalue weighted by Crippen LogP contribution is -2.30. The molecule has 1 aromatic carbocycles. The van der Waals surface area contributed by atoms with Gasteiger partial charge in [-0.15, -0.1) is 5.10 Å². The SMILES string of the molecule is OC1(Cc2cn(Cc3ccccc3)nn2)CCSC1. The van der Waals surface area contributed by atoms with Crippen molar-refractivity contribution in [1.82, 2.24) is 15.0 Å². The number of aromatic nitrogens is 3. The molecule has 2 aromatic rings. The van der Waals surface area contributed by atoms with Crippen molar-refractivity contribution in [3.05, 3.63) is 47.8 Å². The Bertz CT molecular complexity index is 535. The standard InChI is InChI=1S/C14H17N3OS/c18-14(6-7-19-11-14)8-13-10-17(16-15-13)9-12-4-2-1-3-5-12/h1-5,10,18H,6-9,11H2. The minimum Gasteiger partial charge on any atom is -0.389 e. The Morgan fingerprint density at radius 3 is 2.89 bits per heavy atom. The van der Waals surface area contributed by atoms with Crippen LogP contribution in [0.2, 0.25) is 0 Å². The van der Waals surface area contributed by atoms with Crippen LogP contribution in [0.3, 0.4) is 0 Å². The molecule has 100 valence electrons. The van der Waals surface area contributed by atoms with E-state index in [0.29, 0.717) is 6.42 Å². The van der Waals surface area contributed by atoms with Gasteiger partial charge in [0.05, 0.1) is 17.8 Å². The molecule has 0 spiro atoms. The molecule has 1 atom stereocenters. The highest BCUT2D eigenvalue weighted by atomic mass is 32.2. The number of hydrogen-bond acceptors (Lipinski definition) is 4. The van der Waals surface area contributed by atoms with Crippen LogP contribution in [-0.2, 0) is 13.0 Å². The van der Waals surface area contributed by atoms with Crippen LogP contribution in [0.5, 0.6) is 0 Å². The molecular weight excluding hydrogens is 258 g/mol. The molecule has 5 heteroatoms. The van der Waals surface area contributed by atoms with Crippen LogP contribution in [0.25, 0.3) is 0 Å². The molecule has 1 N–H and O–H groups in total. The second-order valence-electron chi connectivity index (χ2n) is 5.10. The highest BCUT2D eigenvalue weighted by Gasteiger charge is 2.32. The minimum atomic E-state index is -0.585. The Morgan fingerprint density at radius 2 is 2.16 bits per heavy atom. The monoisotopic (exact) mass is 275 g/mol. The molecule has 0 saturated carbocycles. The molecule has 0 amide bonds. The lowest BCUT2D eigenvalue weighted by molar-refractivity contribution is 0.0676. The van der Waals surface area contributed by atoms with Crippen molar-refractivity contribution in [1.29, 1.82) is 0 Å². The molecule has 2 heterocycles. The molecule has 1 aliphatic rings. The number of benzene rings is 1. The molecule has 4 nitrogen and oxygen atoms in total. The van der Waals surface area contributed by atoms with E-state index in [0.717, 1.165) is 30.2 Å². The highest BCUT2D eigenvalue weighted by Crippen LogP contribution is 2.30. The molecule has 1 fully saturated rings. The molecule has 1 saturated heterocycles. The largest absolute Gasteiger partial charge is 0.389 e. The van der Waals surface area contributed by atoms with Gasteiger partial charge in [-0.25, -0.2) is 4.68 Å². The van der Waals surface area contributed by atoms with Gasteiger partial charge in [-0.1, -0.05) is 35.5 Å². The highest BCUT2D eigenvalue weighted by molar-refractivity contribution is 7.99. The summed E-state index contributed by atoms with van der Waals surface area (Å²) in [6.45, 7) is 0.723. The van der Waals surface area contributed by atoms with Gasteiger partial charge in [-0.3, -0.25) is 0 Å². The maximum atomic E-state index is 10.3.